The standard InChI is InChI=1S/C17H18N2O2/c1-3-12-19-16(9-6-14(10-11-18)17(19)20)13-4-7-15(21-2)8-5-13/h4-9H,3,10,12H2,1-2H3. The van der Waals surface area contributed by atoms with Crippen molar-refractivity contribution in [2.75, 3.05) is 7.11 Å². The summed E-state index contributed by atoms with van der Waals surface area (Å²) in [4.78, 5) is 12.5. The van der Waals surface area contributed by atoms with Crippen LogP contribution in [0.4, 0.5) is 0 Å². The Morgan fingerprint density at radius 2 is 1.90 bits per heavy atom. The lowest BCUT2D eigenvalue weighted by atomic mass is 10.1. The Morgan fingerprint density at radius 1 is 1.19 bits per heavy atom. The highest BCUT2D eigenvalue weighted by atomic mass is 16.5. The van der Waals surface area contributed by atoms with Crippen molar-refractivity contribution < 1.29 is 4.74 Å². The van der Waals surface area contributed by atoms with E-state index >= 15 is 0 Å². The van der Waals surface area contributed by atoms with Crippen LogP contribution in [0, 0.1) is 11.3 Å². The average Bonchev–Trinajstić information content (AvgIpc) is 2.52. The van der Waals surface area contributed by atoms with E-state index in [0.29, 0.717) is 12.1 Å². The minimum atomic E-state index is -0.0771. The Morgan fingerprint density at radius 3 is 2.48 bits per heavy atom. The van der Waals surface area contributed by atoms with Gasteiger partial charge in [0.15, 0.2) is 0 Å². The van der Waals surface area contributed by atoms with E-state index in [-0.39, 0.29) is 12.0 Å². The number of benzene rings is 1. The zero-order valence-corrected chi connectivity index (χ0v) is 12.3. The molecule has 1 aromatic heterocycles. The van der Waals surface area contributed by atoms with E-state index in [0.717, 1.165) is 23.4 Å². The second-order valence-corrected chi connectivity index (χ2v) is 4.76. The second-order valence-electron chi connectivity index (χ2n) is 4.76. The van der Waals surface area contributed by atoms with Gasteiger partial charge in [0, 0.05) is 12.1 Å². The Hall–Kier alpha value is -2.54. The first-order valence-corrected chi connectivity index (χ1v) is 6.95. The lowest BCUT2D eigenvalue weighted by molar-refractivity contribution is 0.415. The number of pyridine rings is 1. The van der Waals surface area contributed by atoms with Gasteiger partial charge in [-0.2, -0.15) is 5.26 Å². The first-order valence-electron chi connectivity index (χ1n) is 6.95. The van der Waals surface area contributed by atoms with Crippen LogP contribution in [-0.4, -0.2) is 11.7 Å². The zero-order valence-electron chi connectivity index (χ0n) is 12.3. The lowest BCUT2D eigenvalue weighted by Gasteiger charge is -2.14. The maximum absolute atomic E-state index is 12.5. The molecule has 1 heterocycles. The summed E-state index contributed by atoms with van der Waals surface area (Å²) in [7, 11) is 1.62. The van der Waals surface area contributed by atoms with Crippen LogP contribution in [0.3, 0.4) is 0 Å². The van der Waals surface area contributed by atoms with Crippen molar-refractivity contribution in [3.8, 4) is 23.1 Å². The third-order valence-corrected chi connectivity index (χ3v) is 3.36. The monoisotopic (exact) mass is 282 g/mol. The van der Waals surface area contributed by atoms with Gasteiger partial charge in [-0.3, -0.25) is 4.79 Å². The molecule has 0 saturated carbocycles. The van der Waals surface area contributed by atoms with Crippen LogP contribution >= 0.6 is 0 Å². The number of ether oxygens (including phenoxy) is 1. The van der Waals surface area contributed by atoms with Gasteiger partial charge in [0.25, 0.3) is 5.56 Å². The van der Waals surface area contributed by atoms with E-state index in [1.807, 2.05) is 43.3 Å². The summed E-state index contributed by atoms with van der Waals surface area (Å²) in [6, 6.07) is 13.3. The molecule has 0 bridgehead atoms. The summed E-state index contributed by atoms with van der Waals surface area (Å²) in [6.07, 6.45) is 1.00. The van der Waals surface area contributed by atoms with Crippen LogP contribution in [-0.2, 0) is 13.0 Å². The predicted molar refractivity (Wildman–Crippen MR) is 82.3 cm³/mol. The zero-order chi connectivity index (χ0) is 15.2. The topological polar surface area (TPSA) is 55.0 Å². The average molecular weight is 282 g/mol. The van der Waals surface area contributed by atoms with Crippen LogP contribution in [0.2, 0.25) is 0 Å². The van der Waals surface area contributed by atoms with Crippen molar-refractivity contribution in [1.29, 1.82) is 5.26 Å². The minimum Gasteiger partial charge on any atom is -0.497 e. The Labute approximate surface area is 124 Å². The van der Waals surface area contributed by atoms with Crippen molar-refractivity contribution in [3.63, 3.8) is 0 Å². The SMILES string of the molecule is CCCn1c(-c2ccc(OC)cc2)ccc(CC#N)c1=O. The van der Waals surface area contributed by atoms with Gasteiger partial charge >= 0.3 is 0 Å². The molecular weight excluding hydrogens is 264 g/mol. The fraction of sp³-hybridized carbons (Fsp3) is 0.294. The first-order chi connectivity index (χ1) is 10.2. The number of hydrogen-bond acceptors (Lipinski definition) is 3. The van der Waals surface area contributed by atoms with Crippen LogP contribution in [0.25, 0.3) is 11.3 Å². The molecular formula is C17H18N2O2. The lowest BCUT2D eigenvalue weighted by Crippen LogP contribution is -2.24. The second kappa shape index (κ2) is 6.76. The maximum Gasteiger partial charge on any atom is 0.255 e. The molecule has 4 heteroatoms. The summed E-state index contributed by atoms with van der Waals surface area (Å²) in [5.74, 6) is 0.782. The number of nitriles is 1. The molecule has 0 aliphatic carbocycles. The normalized spacial score (nSPS) is 10.1. The number of nitrogens with zero attached hydrogens (tertiary/aromatic N) is 2. The van der Waals surface area contributed by atoms with Gasteiger partial charge in [-0.1, -0.05) is 13.0 Å². The molecule has 0 amide bonds. The van der Waals surface area contributed by atoms with E-state index in [9.17, 15) is 4.79 Å². The molecule has 0 aliphatic rings. The molecule has 21 heavy (non-hydrogen) atoms. The van der Waals surface area contributed by atoms with Crippen molar-refractivity contribution in [2.45, 2.75) is 26.3 Å². The van der Waals surface area contributed by atoms with Crippen molar-refractivity contribution in [3.05, 3.63) is 52.3 Å². The fourth-order valence-corrected chi connectivity index (χ4v) is 2.30. The summed E-state index contributed by atoms with van der Waals surface area (Å²) in [5.41, 5.74) is 2.30. The highest BCUT2D eigenvalue weighted by Gasteiger charge is 2.10. The number of methoxy groups -OCH3 is 1. The van der Waals surface area contributed by atoms with Crippen LogP contribution in [0.5, 0.6) is 5.75 Å². The molecule has 0 atom stereocenters. The minimum absolute atomic E-state index is 0.0771. The molecule has 108 valence electrons. The quantitative estimate of drug-likeness (QED) is 0.847. The highest BCUT2D eigenvalue weighted by Crippen LogP contribution is 2.22. The molecule has 0 aliphatic heterocycles. The third kappa shape index (κ3) is 3.14. The van der Waals surface area contributed by atoms with Gasteiger partial charge in [-0.15, -0.1) is 0 Å². The number of hydrogen-bond donors (Lipinski definition) is 0. The Balaban J connectivity index is 2.54. The van der Waals surface area contributed by atoms with E-state index in [4.69, 9.17) is 10.00 Å². The third-order valence-electron chi connectivity index (χ3n) is 3.36. The largest absolute Gasteiger partial charge is 0.497 e. The fourth-order valence-electron chi connectivity index (χ4n) is 2.30. The van der Waals surface area contributed by atoms with Crippen molar-refractivity contribution >= 4 is 0 Å². The number of aromatic nitrogens is 1. The Kier molecular flexibility index (Phi) is 4.78. The molecule has 0 fully saturated rings. The molecule has 0 radical (unpaired) electrons. The number of rotatable bonds is 5. The highest BCUT2D eigenvalue weighted by molar-refractivity contribution is 5.61. The van der Waals surface area contributed by atoms with Gasteiger partial charge in [0.05, 0.1) is 25.3 Å². The molecule has 4 nitrogen and oxygen atoms in total. The molecule has 0 N–H and O–H groups in total. The smallest absolute Gasteiger partial charge is 0.255 e. The molecule has 2 aromatic rings. The van der Waals surface area contributed by atoms with Crippen LogP contribution in [0.1, 0.15) is 18.9 Å². The molecule has 1 aromatic carbocycles. The summed E-state index contributed by atoms with van der Waals surface area (Å²) < 4.78 is 6.90. The summed E-state index contributed by atoms with van der Waals surface area (Å²) in [5, 5.41) is 8.80. The van der Waals surface area contributed by atoms with E-state index in [2.05, 4.69) is 0 Å². The van der Waals surface area contributed by atoms with Gasteiger partial charge in [0.1, 0.15) is 5.75 Å². The van der Waals surface area contributed by atoms with Gasteiger partial charge in [-0.25, -0.2) is 0 Å². The molecule has 0 saturated heterocycles. The van der Waals surface area contributed by atoms with Crippen molar-refractivity contribution in [2.24, 2.45) is 0 Å². The molecule has 0 unspecified atom stereocenters. The molecule has 2 rings (SSSR count). The van der Waals surface area contributed by atoms with Gasteiger partial charge < -0.3 is 9.30 Å². The first kappa shape index (κ1) is 14.9. The molecule has 0 spiro atoms. The van der Waals surface area contributed by atoms with Gasteiger partial charge in [0.2, 0.25) is 0 Å². The van der Waals surface area contributed by atoms with Gasteiger partial charge in [-0.05, 0) is 42.3 Å². The predicted octanol–water partition coefficient (Wildman–Crippen LogP) is 3.00. The summed E-state index contributed by atoms with van der Waals surface area (Å²) >= 11 is 0. The van der Waals surface area contributed by atoms with Crippen LogP contribution in [0.15, 0.2) is 41.2 Å². The van der Waals surface area contributed by atoms with E-state index in [1.54, 1.807) is 17.7 Å². The summed E-state index contributed by atoms with van der Waals surface area (Å²) in [6.45, 7) is 2.67. The van der Waals surface area contributed by atoms with E-state index in [1.165, 1.54) is 0 Å². The van der Waals surface area contributed by atoms with Crippen molar-refractivity contribution in [1.82, 2.24) is 4.57 Å². The Bertz CT molecular complexity index is 709. The maximum atomic E-state index is 12.5. The van der Waals surface area contributed by atoms with Crippen LogP contribution < -0.4 is 10.3 Å². The van der Waals surface area contributed by atoms with E-state index < -0.39 is 0 Å².